The summed E-state index contributed by atoms with van der Waals surface area (Å²) in [5, 5.41) is 8.47. The topological polar surface area (TPSA) is 49.9 Å². The molecule has 252 valence electrons. The maximum atomic E-state index is 6.64. The van der Waals surface area contributed by atoms with Crippen LogP contribution in [-0.2, 0) is 5.41 Å². The van der Waals surface area contributed by atoms with E-state index in [1.807, 2.05) is 23.5 Å². The summed E-state index contributed by atoms with van der Waals surface area (Å²) in [6.45, 7) is 4.63. The van der Waals surface area contributed by atoms with Crippen LogP contribution in [0.25, 0.3) is 64.4 Å². The lowest BCUT2D eigenvalue weighted by Gasteiger charge is -2.25. The van der Waals surface area contributed by atoms with Gasteiger partial charge < -0.3 is 9.73 Å². The van der Waals surface area contributed by atoms with Crippen molar-refractivity contribution in [1.82, 2.24) is 5.32 Å². The van der Waals surface area contributed by atoms with Crippen molar-refractivity contribution in [3.63, 3.8) is 0 Å². The molecule has 2 aliphatic rings. The Morgan fingerprint density at radius 3 is 2.21 bits per heavy atom. The van der Waals surface area contributed by atoms with Crippen LogP contribution in [0.15, 0.2) is 166 Å². The quantitative estimate of drug-likeness (QED) is 0.199. The van der Waals surface area contributed by atoms with Gasteiger partial charge in [-0.3, -0.25) is 0 Å². The van der Waals surface area contributed by atoms with Gasteiger partial charge in [0.25, 0.3) is 0 Å². The van der Waals surface area contributed by atoms with Gasteiger partial charge in [-0.05, 0) is 75.3 Å². The van der Waals surface area contributed by atoms with Crippen LogP contribution in [0.4, 0.5) is 0 Å². The van der Waals surface area contributed by atoms with Crippen molar-refractivity contribution < 1.29 is 4.42 Å². The summed E-state index contributed by atoms with van der Waals surface area (Å²) in [5.41, 5.74) is 12.1. The first-order valence-corrected chi connectivity index (χ1v) is 18.9. The second-order valence-corrected chi connectivity index (χ2v) is 15.7. The van der Waals surface area contributed by atoms with Crippen LogP contribution in [0, 0.1) is 0 Å². The molecule has 7 aromatic carbocycles. The number of hydrogen-bond donors (Lipinski definition) is 1. The Bertz CT molecular complexity index is 3020. The molecule has 0 spiro atoms. The minimum absolute atomic E-state index is 0.130. The molecule has 11 rings (SSSR count). The summed E-state index contributed by atoms with van der Waals surface area (Å²) in [5.74, 6) is 1.47. The van der Waals surface area contributed by atoms with Crippen LogP contribution in [0.5, 0.6) is 0 Å². The zero-order valence-electron chi connectivity index (χ0n) is 29.2. The van der Waals surface area contributed by atoms with E-state index in [1.165, 1.54) is 48.0 Å². The smallest absolute Gasteiger partial charge is 0.159 e. The number of nitrogens with one attached hydrogen (secondary N) is 1. The molecule has 1 atom stereocenters. The molecular weight excluding hydrogens is 667 g/mol. The molecule has 1 aliphatic heterocycles. The van der Waals surface area contributed by atoms with E-state index in [1.54, 1.807) is 0 Å². The molecule has 0 radical (unpaired) electrons. The Hall–Kier alpha value is -6.30. The summed E-state index contributed by atoms with van der Waals surface area (Å²) in [4.78, 5) is 10.6. The second-order valence-electron chi connectivity index (χ2n) is 14.6. The number of amidine groups is 2. The lowest BCUT2D eigenvalue weighted by molar-refractivity contribution is 0.659. The Kier molecular flexibility index (Phi) is 6.50. The van der Waals surface area contributed by atoms with Crippen molar-refractivity contribution in [2.75, 3.05) is 0 Å². The maximum Gasteiger partial charge on any atom is 0.159 e. The Balaban J connectivity index is 1.14. The molecule has 0 bridgehead atoms. The Labute approximate surface area is 310 Å². The van der Waals surface area contributed by atoms with E-state index < -0.39 is 0 Å². The van der Waals surface area contributed by atoms with Gasteiger partial charge in [0, 0.05) is 47.5 Å². The summed E-state index contributed by atoms with van der Waals surface area (Å²) < 4.78 is 9.19. The third kappa shape index (κ3) is 4.60. The van der Waals surface area contributed by atoms with Crippen LogP contribution < -0.4 is 5.32 Å². The van der Waals surface area contributed by atoms with E-state index in [9.17, 15) is 0 Å². The SMILES string of the molecule is CC1(C)c2ccccc2-c2ccc(C3=NC(c4ccccc4)NC(c4cc(-c5cccc6sc7ccccc7c56)c5c(c4)oc4ccccc45)=N3)cc21. The van der Waals surface area contributed by atoms with Crippen molar-refractivity contribution in [3.05, 3.63) is 179 Å². The number of nitrogens with zero attached hydrogens (tertiary/aromatic N) is 2. The molecule has 3 heterocycles. The molecule has 0 saturated carbocycles. The molecule has 0 fully saturated rings. The zero-order valence-corrected chi connectivity index (χ0v) is 30.0. The number of hydrogen-bond acceptors (Lipinski definition) is 5. The van der Waals surface area contributed by atoms with E-state index in [0.717, 1.165) is 50.0 Å². The first-order chi connectivity index (χ1) is 26.0. The predicted octanol–water partition coefficient (Wildman–Crippen LogP) is 12.4. The van der Waals surface area contributed by atoms with Gasteiger partial charge in [0.1, 0.15) is 23.2 Å². The predicted molar refractivity (Wildman–Crippen MR) is 221 cm³/mol. The van der Waals surface area contributed by atoms with Crippen LogP contribution in [0.1, 0.15) is 47.8 Å². The number of furan rings is 1. The van der Waals surface area contributed by atoms with Gasteiger partial charge in [-0.2, -0.15) is 0 Å². The molecule has 9 aromatic rings. The molecule has 1 unspecified atom stereocenters. The molecule has 1 aliphatic carbocycles. The Morgan fingerprint density at radius 1 is 0.566 bits per heavy atom. The molecule has 5 heteroatoms. The molecule has 4 nitrogen and oxygen atoms in total. The molecule has 0 amide bonds. The third-order valence-electron chi connectivity index (χ3n) is 11.1. The van der Waals surface area contributed by atoms with Gasteiger partial charge >= 0.3 is 0 Å². The molecule has 1 N–H and O–H groups in total. The van der Waals surface area contributed by atoms with Crippen molar-refractivity contribution in [1.29, 1.82) is 0 Å². The zero-order chi connectivity index (χ0) is 35.3. The van der Waals surface area contributed by atoms with Crippen molar-refractivity contribution in [3.8, 4) is 22.3 Å². The van der Waals surface area contributed by atoms with E-state index >= 15 is 0 Å². The van der Waals surface area contributed by atoms with Crippen LogP contribution in [0.3, 0.4) is 0 Å². The van der Waals surface area contributed by atoms with Gasteiger partial charge in [0.05, 0.1) is 0 Å². The normalized spacial score (nSPS) is 16.1. The number of para-hydroxylation sites is 1. The lowest BCUT2D eigenvalue weighted by atomic mass is 9.82. The largest absolute Gasteiger partial charge is 0.456 e. The molecule has 53 heavy (non-hydrogen) atoms. The number of aliphatic imine (C=N–C) groups is 2. The highest BCUT2D eigenvalue weighted by molar-refractivity contribution is 7.25. The molecule has 2 aromatic heterocycles. The van der Waals surface area contributed by atoms with Crippen LogP contribution in [0.2, 0.25) is 0 Å². The third-order valence-corrected chi connectivity index (χ3v) is 12.3. The first-order valence-electron chi connectivity index (χ1n) is 18.1. The minimum atomic E-state index is -0.323. The standard InChI is InChI=1S/C48H33N3OS/c1-48(2)37-19-9-6-15-31(37)32-24-23-29(26-38(32)48)46-49-45(28-13-4-3-5-14-28)50-47(51-46)30-25-36(43-34-16-7-10-20-39(34)52-40(43)27-30)33-18-12-22-42-44(33)35-17-8-11-21-41(35)53-42/h3-27,45H,1-2H3,(H,49,50,51). The van der Waals surface area contributed by atoms with Gasteiger partial charge in [-0.1, -0.05) is 129 Å². The highest BCUT2D eigenvalue weighted by Crippen LogP contribution is 2.49. The summed E-state index contributed by atoms with van der Waals surface area (Å²) >= 11 is 1.84. The van der Waals surface area contributed by atoms with E-state index in [2.05, 4.69) is 159 Å². The van der Waals surface area contributed by atoms with Gasteiger partial charge in [0.15, 0.2) is 5.84 Å². The average Bonchev–Trinajstić information content (AvgIpc) is 3.85. The van der Waals surface area contributed by atoms with Gasteiger partial charge in [0.2, 0.25) is 0 Å². The van der Waals surface area contributed by atoms with E-state index in [4.69, 9.17) is 14.4 Å². The summed E-state index contributed by atoms with van der Waals surface area (Å²) in [6, 6.07) is 54.1. The number of fused-ring (bicyclic) bond motifs is 9. The van der Waals surface area contributed by atoms with Crippen molar-refractivity contribution in [2.45, 2.75) is 25.4 Å². The first kappa shape index (κ1) is 30.3. The minimum Gasteiger partial charge on any atom is -0.456 e. The monoisotopic (exact) mass is 699 g/mol. The second kappa shape index (κ2) is 11.3. The van der Waals surface area contributed by atoms with Crippen molar-refractivity contribution in [2.24, 2.45) is 9.98 Å². The van der Waals surface area contributed by atoms with E-state index in [0.29, 0.717) is 5.84 Å². The fourth-order valence-corrected chi connectivity index (χ4v) is 9.71. The fourth-order valence-electron chi connectivity index (χ4n) is 8.58. The summed E-state index contributed by atoms with van der Waals surface area (Å²) in [7, 11) is 0. The average molecular weight is 700 g/mol. The number of rotatable bonds is 4. The maximum absolute atomic E-state index is 6.64. The van der Waals surface area contributed by atoms with E-state index in [-0.39, 0.29) is 11.6 Å². The Morgan fingerprint density at radius 2 is 1.30 bits per heavy atom. The molecule has 0 saturated heterocycles. The van der Waals surface area contributed by atoms with Gasteiger partial charge in [-0.15, -0.1) is 11.3 Å². The van der Waals surface area contributed by atoms with Crippen LogP contribution >= 0.6 is 11.3 Å². The number of benzene rings is 7. The fraction of sp³-hybridized carbons (Fsp3) is 0.0833. The number of thiophene rings is 1. The molecular formula is C48H33N3OS. The highest BCUT2D eigenvalue weighted by Gasteiger charge is 2.36. The highest BCUT2D eigenvalue weighted by atomic mass is 32.1. The van der Waals surface area contributed by atoms with Gasteiger partial charge in [-0.25, -0.2) is 9.98 Å². The van der Waals surface area contributed by atoms with Crippen LogP contribution in [-0.4, -0.2) is 11.7 Å². The summed E-state index contributed by atoms with van der Waals surface area (Å²) in [6.07, 6.45) is -0.323. The lowest BCUT2D eigenvalue weighted by Crippen LogP contribution is -2.33. The van der Waals surface area contributed by atoms with Crippen molar-refractivity contribution >= 4 is 65.1 Å².